The Morgan fingerprint density at radius 1 is 0.900 bits per heavy atom. The van der Waals surface area contributed by atoms with E-state index < -0.39 is 11.7 Å². The molecule has 0 aliphatic rings. The van der Waals surface area contributed by atoms with E-state index in [0.29, 0.717) is 30.3 Å². The van der Waals surface area contributed by atoms with Crippen LogP contribution in [0.5, 0.6) is 0 Å². The van der Waals surface area contributed by atoms with Crippen LogP contribution < -0.4 is 5.32 Å². The van der Waals surface area contributed by atoms with Crippen molar-refractivity contribution >= 4 is 23.0 Å². The Labute approximate surface area is 179 Å². The second-order valence-electron chi connectivity index (χ2n) is 6.80. The van der Waals surface area contributed by atoms with Crippen LogP contribution in [-0.4, -0.2) is 28.1 Å². The number of hydrogen-bond donors (Lipinski definition) is 1. The van der Waals surface area contributed by atoms with Crippen molar-refractivity contribution in [3.8, 4) is 0 Å². The van der Waals surface area contributed by atoms with E-state index >= 15 is 0 Å². The van der Waals surface area contributed by atoms with Gasteiger partial charge in [-0.25, -0.2) is 0 Å². The van der Waals surface area contributed by atoms with E-state index in [0.717, 1.165) is 24.2 Å². The summed E-state index contributed by atoms with van der Waals surface area (Å²) in [6.45, 7) is 1.25. The van der Waals surface area contributed by atoms with Gasteiger partial charge >= 0.3 is 6.18 Å². The topological polar surface area (TPSA) is 28.2 Å². The molecule has 3 aromatic rings. The molecule has 0 fully saturated rings. The summed E-state index contributed by atoms with van der Waals surface area (Å²) in [6, 6.07) is 20.8. The van der Waals surface area contributed by atoms with E-state index in [1.165, 1.54) is 11.6 Å². The third-order valence-electron chi connectivity index (χ3n) is 4.61. The molecule has 1 heterocycles. The van der Waals surface area contributed by atoms with E-state index in [1.807, 2.05) is 53.4 Å². The van der Waals surface area contributed by atoms with Gasteiger partial charge in [0.05, 0.1) is 5.56 Å². The summed E-state index contributed by atoms with van der Waals surface area (Å²) in [5.74, 6) is 0. The zero-order valence-electron chi connectivity index (χ0n) is 16.3. The van der Waals surface area contributed by atoms with Crippen molar-refractivity contribution in [1.29, 1.82) is 0 Å². The number of aromatic nitrogens is 1. The predicted octanol–water partition coefficient (Wildman–Crippen LogP) is 5.58. The van der Waals surface area contributed by atoms with Gasteiger partial charge in [-0.05, 0) is 54.5 Å². The maximum Gasteiger partial charge on any atom is 0.416 e. The van der Waals surface area contributed by atoms with E-state index in [1.54, 1.807) is 12.3 Å². The van der Waals surface area contributed by atoms with Crippen LogP contribution in [0.4, 0.5) is 18.9 Å². The van der Waals surface area contributed by atoms with E-state index in [-0.39, 0.29) is 0 Å². The molecule has 1 N–H and O–H groups in total. The molecule has 0 unspecified atom stereocenters. The lowest BCUT2D eigenvalue weighted by molar-refractivity contribution is -0.137. The van der Waals surface area contributed by atoms with Crippen molar-refractivity contribution < 1.29 is 13.2 Å². The molecule has 0 amide bonds. The van der Waals surface area contributed by atoms with Gasteiger partial charge < -0.3 is 10.2 Å². The van der Waals surface area contributed by atoms with Crippen LogP contribution >= 0.6 is 12.2 Å². The first-order chi connectivity index (χ1) is 14.4. The number of thiocarbonyl (C=S) groups is 1. The molecule has 0 radical (unpaired) electrons. The Morgan fingerprint density at radius 2 is 1.63 bits per heavy atom. The average Bonchev–Trinajstić information content (AvgIpc) is 2.75. The number of halogens is 3. The summed E-state index contributed by atoms with van der Waals surface area (Å²) >= 11 is 5.54. The van der Waals surface area contributed by atoms with Crippen LogP contribution in [0.1, 0.15) is 16.8 Å². The Hall–Kier alpha value is -2.93. The molecule has 2 aromatic carbocycles. The first-order valence-corrected chi connectivity index (χ1v) is 10.00. The maximum absolute atomic E-state index is 13.0. The maximum atomic E-state index is 13.0. The first kappa shape index (κ1) is 21.8. The summed E-state index contributed by atoms with van der Waals surface area (Å²) in [5, 5.41) is 3.35. The predicted molar refractivity (Wildman–Crippen MR) is 117 cm³/mol. The van der Waals surface area contributed by atoms with Crippen molar-refractivity contribution in [2.45, 2.75) is 19.0 Å². The summed E-state index contributed by atoms with van der Waals surface area (Å²) in [5.41, 5.74) is 1.71. The lowest BCUT2D eigenvalue weighted by atomic mass is 10.1. The van der Waals surface area contributed by atoms with Crippen LogP contribution in [0, 0.1) is 0 Å². The van der Waals surface area contributed by atoms with E-state index in [4.69, 9.17) is 12.2 Å². The first-order valence-electron chi connectivity index (χ1n) is 9.59. The zero-order valence-corrected chi connectivity index (χ0v) is 17.1. The highest BCUT2D eigenvalue weighted by molar-refractivity contribution is 7.80. The van der Waals surface area contributed by atoms with Crippen molar-refractivity contribution in [3.63, 3.8) is 0 Å². The fourth-order valence-corrected chi connectivity index (χ4v) is 3.30. The highest BCUT2D eigenvalue weighted by Gasteiger charge is 2.30. The highest BCUT2D eigenvalue weighted by atomic mass is 32.1. The molecular weight excluding hydrogens is 407 g/mol. The van der Waals surface area contributed by atoms with Crippen molar-refractivity contribution in [2.24, 2.45) is 0 Å². The number of hydrogen-bond acceptors (Lipinski definition) is 2. The van der Waals surface area contributed by atoms with Gasteiger partial charge in [0.1, 0.15) is 0 Å². The number of nitrogens with zero attached hydrogens (tertiary/aromatic N) is 2. The van der Waals surface area contributed by atoms with Crippen LogP contribution in [-0.2, 0) is 19.0 Å². The summed E-state index contributed by atoms with van der Waals surface area (Å²) in [4.78, 5) is 6.31. The van der Waals surface area contributed by atoms with Gasteiger partial charge in [-0.3, -0.25) is 4.98 Å². The smallest absolute Gasteiger partial charge is 0.348 e. The highest BCUT2D eigenvalue weighted by Crippen LogP contribution is 2.30. The number of alkyl halides is 3. The minimum absolute atomic E-state index is 0.317. The molecule has 1 aromatic heterocycles. The Balaban J connectivity index is 1.70. The second-order valence-corrected chi connectivity index (χ2v) is 7.19. The summed E-state index contributed by atoms with van der Waals surface area (Å²) < 4.78 is 39.0. The SMILES string of the molecule is FC(F)(F)c1cccc(NC(=S)N(CCc2ccccc2)CCc2ccccn2)c1. The summed E-state index contributed by atoms with van der Waals surface area (Å²) in [7, 11) is 0. The molecule has 3 rings (SSSR count). The van der Waals surface area contributed by atoms with Crippen molar-refractivity contribution in [3.05, 3.63) is 95.8 Å². The zero-order chi connectivity index (χ0) is 21.4. The lowest BCUT2D eigenvalue weighted by Crippen LogP contribution is -2.38. The van der Waals surface area contributed by atoms with Gasteiger partial charge in [-0.15, -0.1) is 0 Å². The van der Waals surface area contributed by atoms with Crippen LogP contribution in [0.15, 0.2) is 79.0 Å². The summed E-state index contributed by atoms with van der Waals surface area (Å²) in [6.07, 6.45) is -1.21. The van der Waals surface area contributed by atoms with Crippen molar-refractivity contribution in [2.75, 3.05) is 18.4 Å². The molecule has 0 saturated carbocycles. The van der Waals surface area contributed by atoms with Crippen molar-refractivity contribution in [1.82, 2.24) is 9.88 Å². The fourth-order valence-electron chi connectivity index (χ4n) is 2.99. The molecule has 0 bridgehead atoms. The minimum atomic E-state index is -4.40. The number of pyridine rings is 1. The standard InChI is InChI=1S/C23H22F3N3S/c24-23(25,26)19-9-6-11-21(17-19)28-22(30)29(15-12-18-7-2-1-3-8-18)16-13-20-10-4-5-14-27-20/h1-11,14,17H,12-13,15-16H2,(H,28,30). The third-order valence-corrected chi connectivity index (χ3v) is 4.97. The Morgan fingerprint density at radius 3 is 2.33 bits per heavy atom. The quantitative estimate of drug-likeness (QED) is 0.496. The molecule has 30 heavy (non-hydrogen) atoms. The molecule has 0 saturated heterocycles. The molecule has 0 aliphatic carbocycles. The largest absolute Gasteiger partial charge is 0.416 e. The molecule has 0 aliphatic heterocycles. The van der Waals surface area contributed by atoms with Gasteiger partial charge in [-0.2, -0.15) is 13.2 Å². The van der Waals surface area contributed by atoms with Crippen LogP contribution in [0.25, 0.3) is 0 Å². The fraction of sp³-hybridized carbons (Fsp3) is 0.217. The Kier molecular flexibility index (Phi) is 7.41. The molecule has 7 heteroatoms. The van der Waals surface area contributed by atoms with Gasteiger partial charge in [-0.1, -0.05) is 42.5 Å². The van der Waals surface area contributed by atoms with Gasteiger partial charge in [0.25, 0.3) is 0 Å². The molecule has 0 atom stereocenters. The van der Waals surface area contributed by atoms with Crippen LogP contribution in [0.2, 0.25) is 0 Å². The minimum Gasteiger partial charge on any atom is -0.348 e. The normalized spacial score (nSPS) is 11.2. The average molecular weight is 430 g/mol. The molecule has 3 nitrogen and oxygen atoms in total. The van der Waals surface area contributed by atoms with Crippen LogP contribution in [0.3, 0.4) is 0 Å². The second kappa shape index (κ2) is 10.2. The van der Waals surface area contributed by atoms with E-state index in [2.05, 4.69) is 10.3 Å². The Bertz CT molecular complexity index is 903. The van der Waals surface area contributed by atoms with Gasteiger partial charge in [0, 0.05) is 37.1 Å². The molecule has 0 spiro atoms. The lowest BCUT2D eigenvalue weighted by Gasteiger charge is -2.26. The molecule has 156 valence electrons. The third kappa shape index (κ3) is 6.56. The number of anilines is 1. The number of benzene rings is 2. The number of nitrogens with one attached hydrogen (secondary N) is 1. The monoisotopic (exact) mass is 429 g/mol. The van der Waals surface area contributed by atoms with Gasteiger partial charge in [0.15, 0.2) is 5.11 Å². The van der Waals surface area contributed by atoms with Gasteiger partial charge in [0.2, 0.25) is 0 Å². The van der Waals surface area contributed by atoms with E-state index in [9.17, 15) is 13.2 Å². The molecular formula is C23H22F3N3S. The number of rotatable bonds is 7.